The number of anilines is 2. The van der Waals surface area contributed by atoms with Crippen molar-refractivity contribution in [2.75, 3.05) is 16.8 Å². The lowest BCUT2D eigenvalue weighted by Crippen LogP contribution is -2.28. The Labute approximate surface area is 131 Å². The minimum absolute atomic E-state index is 0.0393. The van der Waals surface area contributed by atoms with Gasteiger partial charge in [0, 0.05) is 18.7 Å². The number of halogens is 2. The van der Waals surface area contributed by atoms with E-state index in [1.807, 2.05) is 0 Å². The van der Waals surface area contributed by atoms with Crippen LogP contribution in [-0.4, -0.2) is 18.4 Å². The summed E-state index contributed by atoms with van der Waals surface area (Å²) in [6.07, 6.45) is 0.0393. The number of para-hydroxylation sites is 1. The van der Waals surface area contributed by atoms with Gasteiger partial charge in [-0.2, -0.15) is 0 Å². The molecular formula is C17H14F2N2O2. The van der Waals surface area contributed by atoms with E-state index in [0.29, 0.717) is 5.69 Å². The minimum atomic E-state index is -0.577. The van der Waals surface area contributed by atoms with Gasteiger partial charge in [-0.05, 0) is 36.4 Å². The predicted octanol–water partition coefficient (Wildman–Crippen LogP) is 2.96. The largest absolute Gasteiger partial charge is 0.323 e. The van der Waals surface area contributed by atoms with Crippen LogP contribution in [0, 0.1) is 17.6 Å². The van der Waals surface area contributed by atoms with E-state index in [4.69, 9.17) is 0 Å². The fourth-order valence-electron chi connectivity index (χ4n) is 2.55. The van der Waals surface area contributed by atoms with E-state index in [0.717, 1.165) is 0 Å². The molecule has 1 heterocycles. The molecule has 1 aliphatic heterocycles. The number of hydrogen-bond donors (Lipinski definition) is 1. The summed E-state index contributed by atoms with van der Waals surface area (Å²) in [6, 6.07) is 11.4. The Morgan fingerprint density at radius 3 is 2.48 bits per heavy atom. The minimum Gasteiger partial charge on any atom is -0.323 e. The fourth-order valence-corrected chi connectivity index (χ4v) is 2.55. The molecule has 1 aliphatic rings. The van der Waals surface area contributed by atoms with Gasteiger partial charge in [-0.1, -0.05) is 12.1 Å². The van der Waals surface area contributed by atoms with Gasteiger partial charge in [0.1, 0.15) is 11.6 Å². The van der Waals surface area contributed by atoms with Crippen molar-refractivity contribution in [3.8, 4) is 0 Å². The summed E-state index contributed by atoms with van der Waals surface area (Å²) in [4.78, 5) is 25.7. The van der Waals surface area contributed by atoms with E-state index < -0.39 is 23.5 Å². The molecule has 0 bridgehead atoms. The normalized spacial score (nSPS) is 17.4. The van der Waals surface area contributed by atoms with Crippen molar-refractivity contribution in [3.63, 3.8) is 0 Å². The van der Waals surface area contributed by atoms with Crippen LogP contribution in [0.3, 0.4) is 0 Å². The first kappa shape index (κ1) is 15.1. The molecule has 118 valence electrons. The Morgan fingerprint density at radius 2 is 1.78 bits per heavy atom. The second kappa shape index (κ2) is 6.16. The van der Waals surface area contributed by atoms with Gasteiger partial charge in [0.25, 0.3) is 0 Å². The third kappa shape index (κ3) is 3.21. The second-order valence-electron chi connectivity index (χ2n) is 5.35. The van der Waals surface area contributed by atoms with Gasteiger partial charge in [-0.25, -0.2) is 8.78 Å². The number of amides is 2. The summed E-state index contributed by atoms with van der Waals surface area (Å²) in [5, 5.41) is 2.50. The summed E-state index contributed by atoms with van der Waals surface area (Å²) >= 11 is 0. The molecule has 1 atom stereocenters. The van der Waals surface area contributed by atoms with Crippen LogP contribution in [0.15, 0.2) is 48.5 Å². The van der Waals surface area contributed by atoms with Crippen LogP contribution in [0.25, 0.3) is 0 Å². The van der Waals surface area contributed by atoms with Crippen molar-refractivity contribution in [1.29, 1.82) is 0 Å². The highest BCUT2D eigenvalue weighted by molar-refractivity contribution is 6.03. The molecule has 2 aromatic rings. The van der Waals surface area contributed by atoms with Gasteiger partial charge in [0.05, 0.1) is 11.6 Å². The van der Waals surface area contributed by atoms with Gasteiger partial charge >= 0.3 is 0 Å². The molecule has 2 amide bonds. The Hall–Kier alpha value is -2.76. The van der Waals surface area contributed by atoms with Crippen LogP contribution >= 0.6 is 0 Å². The SMILES string of the molecule is O=C(Nc1ccccc1F)C1CC(=O)N(c2ccc(F)cc2)C1. The van der Waals surface area contributed by atoms with Crippen LogP contribution in [0.2, 0.25) is 0 Å². The summed E-state index contributed by atoms with van der Waals surface area (Å²) < 4.78 is 26.5. The van der Waals surface area contributed by atoms with E-state index in [-0.39, 0.29) is 24.6 Å². The molecule has 0 radical (unpaired) electrons. The highest BCUT2D eigenvalue weighted by Gasteiger charge is 2.35. The number of hydrogen-bond acceptors (Lipinski definition) is 2. The standard InChI is InChI=1S/C17H14F2N2O2/c18-12-5-7-13(8-6-12)21-10-11(9-16(21)22)17(23)20-15-4-2-1-3-14(15)19/h1-8,11H,9-10H2,(H,20,23). The molecule has 4 nitrogen and oxygen atoms in total. The van der Waals surface area contributed by atoms with Crippen LogP contribution in [0.1, 0.15) is 6.42 Å². The van der Waals surface area contributed by atoms with E-state index in [1.165, 1.54) is 47.4 Å². The number of carbonyl (C=O) groups excluding carboxylic acids is 2. The molecule has 0 spiro atoms. The number of nitrogens with zero attached hydrogens (tertiary/aromatic N) is 1. The average molecular weight is 316 g/mol. The van der Waals surface area contributed by atoms with Crippen molar-refractivity contribution >= 4 is 23.2 Å². The second-order valence-corrected chi connectivity index (χ2v) is 5.35. The van der Waals surface area contributed by atoms with Crippen LogP contribution in [0.4, 0.5) is 20.2 Å². The molecule has 1 fully saturated rings. The van der Waals surface area contributed by atoms with Gasteiger partial charge in [-0.3, -0.25) is 9.59 Å². The van der Waals surface area contributed by atoms with Gasteiger partial charge in [0.2, 0.25) is 11.8 Å². The van der Waals surface area contributed by atoms with Crippen LogP contribution in [0.5, 0.6) is 0 Å². The quantitative estimate of drug-likeness (QED) is 0.946. The first-order valence-corrected chi connectivity index (χ1v) is 7.16. The van der Waals surface area contributed by atoms with Crippen molar-refractivity contribution < 1.29 is 18.4 Å². The summed E-state index contributed by atoms with van der Waals surface area (Å²) in [5.41, 5.74) is 0.628. The molecule has 1 N–H and O–H groups in total. The summed E-state index contributed by atoms with van der Waals surface area (Å²) in [6.45, 7) is 0.185. The highest BCUT2D eigenvalue weighted by Crippen LogP contribution is 2.26. The lowest BCUT2D eigenvalue weighted by atomic mass is 10.1. The number of nitrogens with one attached hydrogen (secondary N) is 1. The number of benzene rings is 2. The molecular weight excluding hydrogens is 302 g/mol. The Bertz CT molecular complexity index is 747. The molecule has 0 aliphatic carbocycles. The maximum absolute atomic E-state index is 13.6. The van der Waals surface area contributed by atoms with Crippen molar-refractivity contribution in [1.82, 2.24) is 0 Å². The number of carbonyl (C=O) groups is 2. The summed E-state index contributed by atoms with van der Waals surface area (Å²) in [5.74, 6) is -2.12. The molecule has 0 saturated carbocycles. The number of rotatable bonds is 3. The molecule has 1 unspecified atom stereocenters. The van der Waals surface area contributed by atoms with Crippen LogP contribution in [-0.2, 0) is 9.59 Å². The molecule has 6 heteroatoms. The third-order valence-electron chi connectivity index (χ3n) is 3.77. The van der Waals surface area contributed by atoms with Crippen molar-refractivity contribution in [2.45, 2.75) is 6.42 Å². The zero-order valence-corrected chi connectivity index (χ0v) is 12.1. The van der Waals surface area contributed by atoms with Crippen molar-refractivity contribution in [3.05, 3.63) is 60.2 Å². The molecule has 1 saturated heterocycles. The topological polar surface area (TPSA) is 49.4 Å². The Morgan fingerprint density at radius 1 is 1.09 bits per heavy atom. The predicted molar refractivity (Wildman–Crippen MR) is 81.9 cm³/mol. The molecule has 2 aromatic carbocycles. The Balaban J connectivity index is 1.71. The molecule has 23 heavy (non-hydrogen) atoms. The monoisotopic (exact) mass is 316 g/mol. The maximum Gasteiger partial charge on any atom is 0.229 e. The first-order valence-electron chi connectivity index (χ1n) is 7.16. The lowest BCUT2D eigenvalue weighted by molar-refractivity contribution is -0.122. The first-order chi connectivity index (χ1) is 11.0. The fraction of sp³-hybridized carbons (Fsp3) is 0.176. The third-order valence-corrected chi connectivity index (χ3v) is 3.77. The molecule has 0 aromatic heterocycles. The summed E-state index contributed by atoms with van der Waals surface area (Å²) in [7, 11) is 0. The van der Waals surface area contributed by atoms with E-state index in [1.54, 1.807) is 6.07 Å². The van der Waals surface area contributed by atoms with Gasteiger partial charge < -0.3 is 10.2 Å². The van der Waals surface area contributed by atoms with Gasteiger partial charge in [-0.15, -0.1) is 0 Å². The van der Waals surface area contributed by atoms with E-state index >= 15 is 0 Å². The Kier molecular flexibility index (Phi) is 4.06. The molecule has 3 rings (SSSR count). The smallest absolute Gasteiger partial charge is 0.229 e. The zero-order valence-electron chi connectivity index (χ0n) is 12.1. The van der Waals surface area contributed by atoms with E-state index in [2.05, 4.69) is 5.32 Å². The van der Waals surface area contributed by atoms with E-state index in [9.17, 15) is 18.4 Å². The highest BCUT2D eigenvalue weighted by atomic mass is 19.1. The van der Waals surface area contributed by atoms with Crippen LogP contribution < -0.4 is 10.2 Å². The van der Waals surface area contributed by atoms with Gasteiger partial charge in [0.15, 0.2) is 0 Å². The zero-order chi connectivity index (χ0) is 16.4. The maximum atomic E-state index is 13.6. The lowest BCUT2D eigenvalue weighted by Gasteiger charge is -2.16. The van der Waals surface area contributed by atoms with Crippen molar-refractivity contribution in [2.24, 2.45) is 5.92 Å². The average Bonchev–Trinajstić information content (AvgIpc) is 2.92.